The minimum atomic E-state index is -3.58. The summed E-state index contributed by atoms with van der Waals surface area (Å²) < 4.78 is 28.8. The summed E-state index contributed by atoms with van der Waals surface area (Å²) >= 11 is 6.66. The molecular weight excluding hydrogens is 422 g/mol. The molecule has 1 aromatic carbocycles. The van der Waals surface area contributed by atoms with Gasteiger partial charge in [0.1, 0.15) is 0 Å². The van der Waals surface area contributed by atoms with Gasteiger partial charge in [0.05, 0.1) is 4.90 Å². The van der Waals surface area contributed by atoms with Crippen LogP contribution in [0.25, 0.3) is 0 Å². The van der Waals surface area contributed by atoms with Gasteiger partial charge < -0.3 is 5.11 Å². The molecule has 7 heteroatoms. The summed E-state index contributed by atoms with van der Waals surface area (Å²) in [6.45, 7) is 6.30. The number of hydrogen-bond acceptors (Lipinski definition) is 3. The zero-order valence-corrected chi connectivity index (χ0v) is 16.4. The minimum absolute atomic E-state index is 0.118. The summed E-state index contributed by atoms with van der Waals surface area (Å²) in [5.41, 5.74) is 0.758. The zero-order chi connectivity index (χ0) is 16.3. The Hall–Kier alpha value is 0.0500. The van der Waals surface area contributed by atoms with Crippen LogP contribution in [-0.2, 0) is 10.0 Å². The van der Waals surface area contributed by atoms with E-state index in [0.29, 0.717) is 17.4 Å². The third kappa shape index (κ3) is 5.63. The predicted octanol–water partition coefficient (Wildman–Crippen LogP) is 3.60. The number of nitrogens with one attached hydrogen (secondary N) is 1. The summed E-state index contributed by atoms with van der Waals surface area (Å²) in [5.74, 6) is 0. The molecule has 0 aliphatic rings. The van der Waals surface area contributed by atoms with Gasteiger partial charge in [-0.2, -0.15) is 0 Å². The highest BCUT2D eigenvalue weighted by molar-refractivity contribution is 9.11. The van der Waals surface area contributed by atoms with Crippen LogP contribution in [-0.4, -0.2) is 26.7 Å². The fraction of sp³-hybridized carbons (Fsp3) is 0.571. The van der Waals surface area contributed by atoms with Crippen molar-refractivity contribution in [1.82, 2.24) is 4.72 Å². The summed E-state index contributed by atoms with van der Waals surface area (Å²) in [6.07, 6.45) is 1.42. The first-order chi connectivity index (χ1) is 9.59. The first kappa shape index (κ1) is 19.1. The highest BCUT2D eigenvalue weighted by atomic mass is 79.9. The molecule has 1 aromatic rings. The number of aliphatic hydroxyl groups is 1. The van der Waals surface area contributed by atoms with Crippen LogP contribution in [0, 0.1) is 12.3 Å². The lowest BCUT2D eigenvalue weighted by molar-refractivity contribution is 0.242. The lowest BCUT2D eigenvalue weighted by atomic mass is 9.88. The van der Waals surface area contributed by atoms with E-state index in [1.807, 2.05) is 20.8 Å². The average Bonchev–Trinajstić information content (AvgIpc) is 2.38. The Kier molecular flexibility index (Phi) is 6.86. The lowest BCUT2D eigenvalue weighted by Crippen LogP contribution is -2.34. The van der Waals surface area contributed by atoms with Crippen LogP contribution in [0.5, 0.6) is 0 Å². The molecule has 0 heterocycles. The highest BCUT2D eigenvalue weighted by Crippen LogP contribution is 2.29. The Morgan fingerprint density at radius 3 is 2.43 bits per heavy atom. The molecule has 0 atom stereocenters. The number of aryl methyl sites for hydroxylation is 1. The Bertz CT molecular complexity index is 600. The Morgan fingerprint density at radius 1 is 1.24 bits per heavy atom. The maximum atomic E-state index is 12.4. The summed E-state index contributed by atoms with van der Waals surface area (Å²) in [6, 6.07) is 3.37. The second-order valence-corrected chi connectivity index (χ2v) is 9.29. The van der Waals surface area contributed by atoms with Gasteiger partial charge in [0, 0.05) is 22.1 Å². The smallest absolute Gasteiger partial charge is 0.241 e. The fourth-order valence-electron chi connectivity index (χ4n) is 1.85. The van der Waals surface area contributed by atoms with Crippen LogP contribution in [0.3, 0.4) is 0 Å². The van der Waals surface area contributed by atoms with E-state index in [-0.39, 0.29) is 16.9 Å². The summed E-state index contributed by atoms with van der Waals surface area (Å²) in [5, 5.41) is 8.88. The van der Waals surface area contributed by atoms with Crippen molar-refractivity contribution >= 4 is 41.9 Å². The normalized spacial score (nSPS) is 12.7. The first-order valence-corrected chi connectivity index (χ1v) is 9.72. The van der Waals surface area contributed by atoms with Crippen LogP contribution in [0.2, 0.25) is 0 Å². The number of sulfonamides is 1. The number of hydrogen-bond donors (Lipinski definition) is 2. The molecule has 1 rings (SSSR count). The Labute approximate surface area is 143 Å². The van der Waals surface area contributed by atoms with Crippen molar-refractivity contribution < 1.29 is 13.5 Å². The third-order valence-electron chi connectivity index (χ3n) is 3.26. The van der Waals surface area contributed by atoms with Crippen molar-refractivity contribution in [3.05, 3.63) is 26.6 Å². The van der Waals surface area contributed by atoms with Gasteiger partial charge in [-0.3, -0.25) is 0 Å². The van der Waals surface area contributed by atoms with Crippen LogP contribution in [0.1, 0.15) is 32.3 Å². The highest BCUT2D eigenvalue weighted by Gasteiger charge is 2.24. The molecule has 0 radical (unpaired) electrons. The molecule has 0 aliphatic carbocycles. The molecule has 0 bridgehead atoms. The Balaban J connectivity index is 2.90. The van der Waals surface area contributed by atoms with E-state index in [4.69, 9.17) is 5.11 Å². The van der Waals surface area contributed by atoms with Gasteiger partial charge in [-0.05, 0) is 58.8 Å². The molecule has 0 aliphatic heterocycles. The molecule has 0 fully saturated rings. The van der Waals surface area contributed by atoms with Crippen molar-refractivity contribution in [2.75, 3.05) is 13.2 Å². The molecule has 4 nitrogen and oxygen atoms in total. The van der Waals surface area contributed by atoms with Crippen LogP contribution >= 0.6 is 31.9 Å². The van der Waals surface area contributed by atoms with Crippen LogP contribution < -0.4 is 4.72 Å². The van der Waals surface area contributed by atoms with Crippen LogP contribution in [0.15, 0.2) is 26.0 Å². The van der Waals surface area contributed by atoms with Gasteiger partial charge in [0.25, 0.3) is 0 Å². The molecular formula is C14H21Br2NO3S. The zero-order valence-electron chi connectivity index (χ0n) is 12.4. The molecule has 0 aromatic heterocycles. The SMILES string of the molecule is Cc1cc(Br)c(S(=O)(=O)NCC(C)(C)CCCO)cc1Br. The van der Waals surface area contributed by atoms with Crippen molar-refractivity contribution in [2.45, 2.75) is 38.5 Å². The van der Waals surface area contributed by atoms with E-state index < -0.39 is 10.0 Å². The van der Waals surface area contributed by atoms with Crippen molar-refractivity contribution in [3.8, 4) is 0 Å². The molecule has 0 spiro atoms. The number of halogens is 2. The maximum absolute atomic E-state index is 12.4. The average molecular weight is 443 g/mol. The largest absolute Gasteiger partial charge is 0.396 e. The lowest BCUT2D eigenvalue weighted by Gasteiger charge is -2.24. The van der Waals surface area contributed by atoms with Crippen LogP contribution in [0.4, 0.5) is 0 Å². The summed E-state index contributed by atoms with van der Waals surface area (Å²) in [7, 11) is -3.58. The molecule has 2 N–H and O–H groups in total. The second kappa shape index (κ2) is 7.55. The van der Waals surface area contributed by atoms with Crippen molar-refractivity contribution in [1.29, 1.82) is 0 Å². The van der Waals surface area contributed by atoms with E-state index in [2.05, 4.69) is 36.6 Å². The molecule has 0 saturated carbocycles. The van der Waals surface area contributed by atoms with E-state index in [1.165, 1.54) is 0 Å². The van der Waals surface area contributed by atoms with Gasteiger partial charge in [0.2, 0.25) is 10.0 Å². The minimum Gasteiger partial charge on any atom is -0.396 e. The Morgan fingerprint density at radius 2 is 1.86 bits per heavy atom. The maximum Gasteiger partial charge on any atom is 0.241 e. The van der Waals surface area contributed by atoms with Gasteiger partial charge in [-0.1, -0.05) is 29.8 Å². The van der Waals surface area contributed by atoms with E-state index in [9.17, 15) is 8.42 Å². The van der Waals surface area contributed by atoms with E-state index in [0.717, 1.165) is 16.5 Å². The van der Waals surface area contributed by atoms with Crippen molar-refractivity contribution in [2.24, 2.45) is 5.41 Å². The number of benzene rings is 1. The monoisotopic (exact) mass is 441 g/mol. The fourth-order valence-corrected chi connectivity index (χ4v) is 4.77. The first-order valence-electron chi connectivity index (χ1n) is 6.65. The topological polar surface area (TPSA) is 66.4 Å². The molecule has 0 saturated heterocycles. The standard InChI is InChI=1S/C14H21Br2NO3S/c1-10-7-12(16)13(8-11(10)15)21(19,20)17-9-14(2,3)5-4-6-18/h7-8,17-18H,4-6,9H2,1-3H3. The molecule has 120 valence electrons. The number of aliphatic hydroxyl groups excluding tert-OH is 1. The predicted molar refractivity (Wildman–Crippen MR) is 91.9 cm³/mol. The van der Waals surface area contributed by atoms with Gasteiger partial charge >= 0.3 is 0 Å². The quantitative estimate of drug-likeness (QED) is 0.677. The number of rotatable bonds is 7. The third-order valence-corrected chi connectivity index (χ3v) is 6.47. The molecule has 0 amide bonds. The van der Waals surface area contributed by atoms with E-state index >= 15 is 0 Å². The van der Waals surface area contributed by atoms with E-state index in [1.54, 1.807) is 12.1 Å². The van der Waals surface area contributed by atoms with Gasteiger partial charge in [0.15, 0.2) is 0 Å². The summed E-state index contributed by atoms with van der Waals surface area (Å²) in [4.78, 5) is 0.220. The molecule has 21 heavy (non-hydrogen) atoms. The molecule has 0 unspecified atom stereocenters. The van der Waals surface area contributed by atoms with Gasteiger partial charge in [-0.15, -0.1) is 0 Å². The van der Waals surface area contributed by atoms with Gasteiger partial charge in [-0.25, -0.2) is 13.1 Å². The van der Waals surface area contributed by atoms with Crippen molar-refractivity contribution in [3.63, 3.8) is 0 Å². The second-order valence-electron chi connectivity index (χ2n) is 5.85.